The zero-order chi connectivity index (χ0) is 12.7. The van der Waals surface area contributed by atoms with Crippen molar-refractivity contribution in [3.63, 3.8) is 0 Å². The second-order valence-corrected chi connectivity index (χ2v) is 5.80. The van der Waals surface area contributed by atoms with E-state index >= 15 is 0 Å². The van der Waals surface area contributed by atoms with Crippen molar-refractivity contribution < 1.29 is 13.6 Å². The van der Waals surface area contributed by atoms with Crippen molar-refractivity contribution in [2.45, 2.75) is 45.6 Å². The Kier molecular flexibility index (Phi) is 6.03. The number of nitroso groups, excluding NO2 is 1. The van der Waals surface area contributed by atoms with Crippen molar-refractivity contribution in [1.29, 1.82) is 0 Å². The highest BCUT2D eigenvalue weighted by molar-refractivity contribution is 7.57. The Morgan fingerprint density at radius 2 is 2.00 bits per heavy atom. The first-order chi connectivity index (χ1) is 8.15. The average Bonchev–Trinajstić information content (AvgIpc) is 2.30. The van der Waals surface area contributed by atoms with Crippen LogP contribution in [0.2, 0.25) is 0 Å². The molecule has 1 rings (SSSR count). The molecule has 5 nitrogen and oxygen atoms in total. The van der Waals surface area contributed by atoms with Crippen molar-refractivity contribution >= 4 is 7.60 Å². The molecule has 0 bridgehead atoms. The smallest absolute Gasteiger partial charge is 0.306 e. The van der Waals surface area contributed by atoms with Gasteiger partial charge in [-0.3, -0.25) is 4.57 Å². The van der Waals surface area contributed by atoms with E-state index in [1.165, 1.54) is 5.82 Å². The highest BCUT2D eigenvalue weighted by Crippen LogP contribution is 2.52. The topological polar surface area (TPSA) is 65.0 Å². The van der Waals surface area contributed by atoms with Gasteiger partial charge < -0.3 is 9.05 Å². The Labute approximate surface area is 102 Å². The average molecular weight is 261 g/mol. The molecule has 0 amide bonds. The molecule has 0 aromatic carbocycles. The Morgan fingerprint density at radius 1 is 1.35 bits per heavy atom. The van der Waals surface area contributed by atoms with E-state index in [2.05, 4.69) is 5.18 Å². The molecule has 1 fully saturated rings. The summed E-state index contributed by atoms with van der Waals surface area (Å²) in [5.41, 5.74) is 0.802. The third-order valence-electron chi connectivity index (χ3n) is 2.69. The third-order valence-corrected chi connectivity index (χ3v) is 4.57. The maximum atomic E-state index is 12.3. The van der Waals surface area contributed by atoms with Crippen molar-refractivity contribution in [3.8, 4) is 0 Å². The molecule has 0 saturated heterocycles. The van der Waals surface area contributed by atoms with Gasteiger partial charge in [0.2, 0.25) is 0 Å². The van der Waals surface area contributed by atoms with Gasteiger partial charge >= 0.3 is 7.60 Å². The fraction of sp³-hybridized carbons (Fsp3) is 0.818. The molecule has 0 aromatic rings. The lowest BCUT2D eigenvalue weighted by atomic mass is 9.92. The number of nitrogens with zero attached hydrogens (tertiary/aromatic N) is 1. The Hall–Kier alpha value is -0.510. The molecule has 1 atom stereocenters. The van der Waals surface area contributed by atoms with Crippen molar-refractivity contribution in [2.75, 3.05) is 13.2 Å². The van der Waals surface area contributed by atoms with Gasteiger partial charge in [0.25, 0.3) is 0 Å². The Balaban J connectivity index is 2.87. The van der Waals surface area contributed by atoms with E-state index in [4.69, 9.17) is 9.05 Å². The number of rotatable bonds is 6. The van der Waals surface area contributed by atoms with E-state index in [1.807, 2.05) is 0 Å². The molecule has 0 radical (unpaired) electrons. The maximum Gasteiger partial charge on any atom is 0.354 e. The van der Waals surface area contributed by atoms with Crippen LogP contribution in [0.3, 0.4) is 0 Å². The minimum absolute atomic E-state index is 0.320. The van der Waals surface area contributed by atoms with Crippen LogP contribution in [0.4, 0.5) is 0 Å². The number of hydrogen-bond donors (Lipinski definition) is 0. The lowest BCUT2D eigenvalue weighted by Gasteiger charge is -2.21. The van der Waals surface area contributed by atoms with Gasteiger partial charge in [-0.25, -0.2) is 0 Å². The van der Waals surface area contributed by atoms with E-state index in [0.29, 0.717) is 13.2 Å². The fourth-order valence-electron chi connectivity index (χ4n) is 1.96. The zero-order valence-corrected chi connectivity index (χ0v) is 11.3. The zero-order valence-electron chi connectivity index (χ0n) is 10.4. The van der Waals surface area contributed by atoms with Gasteiger partial charge in [-0.15, -0.1) is 0 Å². The van der Waals surface area contributed by atoms with E-state index < -0.39 is 7.60 Å². The summed E-state index contributed by atoms with van der Waals surface area (Å²) in [5, 5.41) is 3.08. The van der Waals surface area contributed by atoms with Gasteiger partial charge in [0.1, 0.15) is 6.04 Å². The first-order valence-corrected chi connectivity index (χ1v) is 7.69. The Morgan fingerprint density at radius 3 is 2.53 bits per heavy atom. The molecule has 98 valence electrons. The van der Waals surface area contributed by atoms with Crippen LogP contribution < -0.4 is 0 Å². The number of hydrogen-bond acceptors (Lipinski definition) is 5. The molecule has 6 heteroatoms. The van der Waals surface area contributed by atoms with Crippen LogP contribution in [0.1, 0.15) is 39.5 Å². The predicted molar refractivity (Wildman–Crippen MR) is 67.0 cm³/mol. The first kappa shape index (κ1) is 14.6. The lowest BCUT2D eigenvalue weighted by Crippen LogP contribution is -2.13. The molecular weight excluding hydrogens is 241 g/mol. The standard InChI is InChI=1S/C11H20NO4P/c1-3-15-17(14,16-4-2)9-10-7-5-6-8-11(10)12-13/h9,11H,3-8H2,1-2H3. The van der Waals surface area contributed by atoms with E-state index in [-0.39, 0.29) is 6.04 Å². The summed E-state index contributed by atoms with van der Waals surface area (Å²) in [6, 6.07) is -0.363. The van der Waals surface area contributed by atoms with E-state index in [1.54, 1.807) is 13.8 Å². The summed E-state index contributed by atoms with van der Waals surface area (Å²) in [7, 11) is -3.20. The molecule has 0 heterocycles. The van der Waals surface area contributed by atoms with Gasteiger partial charge in [-0.2, -0.15) is 4.91 Å². The van der Waals surface area contributed by atoms with Crippen molar-refractivity contribution in [2.24, 2.45) is 5.18 Å². The summed E-state index contributed by atoms with van der Waals surface area (Å²) in [4.78, 5) is 10.7. The molecule has 17 heavy (non-hydrogen) atoms. The van der Waals surface area contributed by atoms with Gasteiger partial charge in [0, 0.05) is 5.82 Å². The van der Waals surface area contributed by atoms with E-state index in [9.17, 15) is 9.47 Å². The van der Waals surface area contributed by atoms with Crippen LogP contribution in [-0.2, 0) is 13.6 Å². The first-order valence-electron chi connectivity index (χ1n) is 6.08. The quantitative estimate of drug-likeness (QED) is 0.538. The van der Waals surface area contributed by atoms with Crippen LogP contribution in [-0.4, -0.2) is 19.3 Å². The molecule has 0 spiro atoms. The van der Waals surface area contributed by atoms with Crippen LogP contribution in [0.25, 0.3) is 0 Å². The minimum Gasteiger partial charge on any atom is -0.306 e. The summed E-state index contributed by atoms with van der Waals surface area (Å²) in [6.45, 7) is 4.17. The van der Waals surface area contributed by atoms with Crippen LogP contribution in [0, 0.1) is 4.91 Å². The highest BCUT2D eigenvalue weighted by atomic mass is 31.2. The lowest BCUT2D eigenvalue weighted by molar-refractivity contribution is 0.228. The van der Waals surface area contributed by atoms with Crippen LogP contribution >= 0.6 is 7.60 Å². The summed E-state index contributed by atoms with van der Waals surface area (Å²) in [6.07, 6.45) is 3.46. The molecule has 1 unspecified atom stereocenters. The monoisotopic (exact) mass is 261 g/mol. The molecule has 0 N–H and O–H groups in total. The molecule has 1 saturated carbocycles. The molecular formula is C11H20NO4P. The predicted octanol–water partition coefficient (Wildman–Crippen LogP) is 3.85. The van der Waals surface area contributed by atoms with Gasteiger partial charge in [0.15, 0.2) is 0 Å². The molecule has 1 aliphatic rings. The Bertz CT molecular complexity index is 319. The van der Waals surface area contributed by atoms with Gasteiger partial charge in [0.05, 0.1) is 13.2 Å². The minimum atomic E-state index is -3.20. The third kappa shape index (κ3) is 4.34. The largest absolute Gasteiger partial charge is 0.354 e. The maximum absolute atomic E-state index is 12.3. The second-order valence-electron chi connectivity index (χ2n) is 3.95. The van der Waals surface area contributed by atoms with Gasteiger partial charge in [-0.05, 0) is 38.7 Å². The van der Waals surface area contributed by atoms with Crippen molar-refractivity contribution in [3.05, 3.63) is 16.3 Å². The van der Waals surface area contributed by atoms with E-state index in [0.717, 1.165) is 31.3 Å². The van der Waals surface area contributed by atoms with Crippen molar-refractivity contribution in [1.82, 2.24) is 0 Å². The summed E-state index contributed by atoms with van der Waals surface area (Å²) < 4.78 is 22.6. The fourth-order valence-corrected chi connectivity index (χ4v) is 3.62. The summed E-state index contributed by atoms with van der Waals surface area (Å²) in [5.74, 6) is 1.51. The van der Waals surface area contributed by atoms with Crippen LogP contribution in [0.15, 0.2) is 16.6 Å². The normalized spacial score (nSPS) is 23.9. The summed E-state index contributed by atoms with van der Waals surface area (Å²) >= 11 is 0. The van der Waals surface area contributed by atoms with Gasteiger partial charge in [-0.1, -0.05) is 11.6 Å². The molecule has 0 aromatic heterocycles. The highest BCUT2D eigenvalue weighted by Gasteiger charge is 2.26. The SMILES string of the molecule is CCOP(=O)(C=C1CCCCC1N=O)OCC. The second kappa shape index (κ2) is 7.04. The molecule has 0 aliphatic heterocycles. The molecule has 1 aliphatic carbocycles. The van der Waals surface area contributed by atoms with Crippen LogP contribution in [0.5, 0.6) is 0 Å².